The van der Waals surface area contributed by atoms with Crippen molar-refractivity contribution < 1.29 is 9.53 Å². The Balaban J connectivity index is 1.78. The van der Waals surface area contributed by atoms with E-state index in [1.54, 1.807) is 25.3 Å². The van der Waals surface area contributed by atoms with Gasteiger partial charge in [-0.3, -0.25) is 4.79 Å². The van der Waals surface area contributed by atoms with Crippen LogP contribution in [0.1, 0.15) is 35.8 Å². The number of carbonyl (C=O) groups excluding carboxylic acids is 1. The quantitative estimate of drug-likeness (QED) is 0.670. The van der Waals surface area contributed by atoms with Crippen LogP contribution in [0.3, 0.4) is 0 Å². The van der Waals surface area contributed by atoms with Gasteiger partial charge in [0.15, 0.2) is 0 Å². The zero-order valence-electron chi connectivity index (χ0n) is 15.6. The largest absolute Gasteiger partial charge is 0.497 e. The van der Waals surface area contributed by atoms with E-state index in [-0.39, 0.29) is 11.6 Å². The monoisotopic (exact) mass is 362 g/mol. The Labute approximate surface area is 158 Å². The summed E-state index contributed by atoms with van der Waals surface area (Å²) in [5.41, 5.74) is 3.05. The summed E-state index contributed by atoms with van der Waals surface area (Å²) in [6, 6.07) is 16.8. The van der Waals surface area contributed by atoms with E-state index in [1.807, 2.05) is 30.3 Å². The lowest BCUT2D eigenvalue weighted by atomic mass is 10.0. The van der Waals surface area contributed by atoms with Crippen LogP contribution >= 0.6 is 0 Å². The summed E-state index contributed by atoms with van der Waals surface area (Å²) >= 11 is 0. The van der Waals surface area contributed by atoms with Gasteiger partial charge in [0.2, 0.25) is 0 Å². The maximum Gasteiger partial charge on any atom is 0.274 e. The average molecular weight is 362 g/mol. The number of nitrogens with one attached hydrogen (secondary N) is 2. The molecule has 0 saturated carbocycles. The van der Waals surface area contributed by atoms with Crippen LogP contribution in [0.15, 0.2) is 60.9 Å². The van der Waals surface area contributed by atoms with Crippen molar-refractivity contribution in [1.82, 2.24) is 9.97 Å². The molecule has 6 nitrogen and oxygen atoms in total. The molecule has 0 aliphatic heterocycles. The molecule has 0 spiro atoms. The van der Waals surface area contributed by atoms with Crippen molar-refractivity contribution in [1.29, 1.82) is 0 Å². The van der Waals surface area contributed by atoms with E-state index in [4.69, 9.17) is 4.74 Å². The first kappa shape index (κ1) is 18.4. The van der Waals surface area contributed by atoms with Crippen molar-refractivity contribution in [3.8, 4) is 5.75 Å². The molecule has 0 aliphatic rings. The molecular formula is C21H22N4O2. The van der Waals surface area contributed by atoms with Crippen molar-refractivity contribution in [2.75, 3.05) is 17.7 Å². The smallest absolute Gasteiger partial charge is 0.274 e. The molecule has 1 heterocycles. The minimum absolute atomic E-state index is 0.275. The first-order valence-corrected chi connectivity index (χ1v) is 8.70. The summed E-state index contributed by atoms with van der Waals surface area (Å²) in [5.74, 6) is 1.29. The molecule has 3 aromatic rings. The number of hydrogen-bond acceptors (Lipinski definition) is 5. The molecular weight excluding hydrogens is 340 g/mol. The number of hydrogen-bond donors (Lipinski definition) is 2. The van der Waals surface area contributed by atoms with Crippen molar-refractivity contribution in [3.05, 3.63) is 72.2 Å². The highest BCUT2D eigenvalue weighted by Crippen LogP contribution is 2.26. The number of benzene rings is 2. The molecule has 0 atom stereocenters. The van der Waals surface area contributed by atoms with Crippen LogP contribution in [0.5, 0.6) is 5.75 Å². The maximum absolute atomic E-state index is 12.5. The van der Waals surface area contributed by atoms with E-state index in [2.05, 4.69) is 40.5 Å². The first-order chi connectivity index (χ1) is 13.1. The number of aromatic nitrogens is 2. The lowest BCUT2D eigenvalue weighted by Crippen LogP contribution is -2.14. The summed E-state index contributed by atoms with van der Waals surface area (Å²) < 4.78 is 5.17. The van der Waals surface area contributed by atoms with Gasteiger partial charge in [0.25, 0.3) is 5.91 Å². The van der Waals surface area contributed by atoms with Crippen LogP contribution in [-0.4, -0.2) is 23.0 Å². The van der Waals surface area contributed by atoms with E-state index < -0.39 is 0 Å². The fourth-order valence-electron chi connectivity index (χ4n) is 2.70. The lowest BCUT2D eigenvalue weighted by Gasteiger charge is -2.14. The predicted molar refractivity (Wildman–Crippen MR) is 107 cm³/mol. The van der Waals surface area contributed by atoms with Crippen molar-refractivity contribution in [2.24, 2.45) is 0 Å². The van der Waals surface area contributed by atoms with E-state index >= 15 is 0 Å². The fraction of sp³-hybridized carbons (Fsp3) is 0.190. The molecule has 0 unspecified atom stereocenters. The molecule has 6 heteroatoms. The number of carbonyl (C=O) groups is 1. The van der Waals surface area contributed by atoms with E-state index in [1.165, 1.54) is 11.9 Å². The normalized spacial score (nSPS) is 10.5. The van der Waals surface area contributed by atoms with Crippen LogP contribution < -0.4 is 15.4 Å². The SMILES string of the molecule is COc1cccc(NC(=O)c2cc(Nc3ccccc3C(C)C)ncn2)c1. The third-order valence-electron chi connectivity index (χ3n) is 4.07. The van der Waals surface area contributed by atoms with Crippen LogP contribution in [0.4, 0.5) is 17.2 Å². The van der Waals surface area contributed by atoms with Crippen molar-refractivity contribution in [3.63, 3.8) is 0 Å². The number of methoxy groups -OCH3 is 1. The van der Waals surface area contributed by atoms with Gasteiger partial charge in [0.1, 0.15) is 23.6 Å². The highest BCUT2D eigenvalue weighted by molar-refractivity contribution is 6.03. The average Bonchev–Trinajstić information content (AvgIpc) is 2.68. The van der Waals surface area contributed by atoms with Crippen LogP contribution in [-0.2, 0) is 0 Å². The van der Waals surface area contributed by atoms with E-state index in [0.717, 1.165) is 5.69 Å². The van der Waals surface area contributed by atoms with E-state index in [0.29, 0.717) is 23.2 Å². The molecule has 2 N–H and O–H groups in total. The summed E-state index contributed by atoms with van der Waals surface area (Å²) in [7, 11) is 1.58. The number of rotatable bonds is 6. The van der Waals surface area contributed by atoms with Crippen LogP contribution in [0, 0.1) is 0 Å². The molecule has 0 radical (unpaired) electrons. The Bertz CT molecular complexity index is 941. The first-order valence-electron chi connectivity index (χ1n) is 8.70. The molecule has 3 rings (SSSR count). The minimum Gasteiger partial charge on any atom is -0.497 e. The lowest BCUT2D eigenvalue weighted by molar-refractivity contribution is 0.102. The van der Waals surface area contributed by atoms with Gasteiger partial charge in [0, 0.05) is 23.5 Å². The van der Waals surface area contributed by atoms with Crippen LogP contribution in [0.2, 0.25) is 0 Å². The van der Waals surface area contributed by atoms with Gasteiger partial charge >= 0.3 is 0 Å². The van der Waals surface area contributed by atoms with Crippen molar-refractivity contribution in [2.45, 2.75) is 19.8 Å². The topological polar surface area (TPSA) is 76.1 Å². The van der Waals surface area contributed by atoms with Gasteiger partial charge < -0.3 is 15.4 Å². The Morgan fingerprint density at radius 2 is 1.85 bits per heavy atom. The molecule has 1 amide bonds. The number of amides is 1. The standard InChI is InChI=1S/C21H22N4O2/c1-14(2)17-9-4-5-10-18(17)25-20-12-19(22-13-23-20)21(26)24-15-7-6-8-16(11-15)27-3/h4-14H,1-3H3,(H,24,26)(H,22,23,25). The second-order valence-corrected chi connectivity index (χ2v) is 6.34. The second-order valence-electron chi connectivity index (χ2n) is 6.34. The Kier molecular flexibility index (Phi) is 5.66. The van der Waals surface area contributed by atoms with Gasteiger partial charge in [-0.25, -0.2) is 9.97 Å². The van der Waals surface area contributed by atoms with Gasteiger partial charge in [-0.15, -0.1) is 0 Å². The third-order valence-corrected chi connectivity index (χ3v) is 4.07. The van der Waals surface area contributed by atoms with Crippen LogP contribution in [0.25, 0.3) is 0 Å². The van der Waals surface area contributed by atoms with Crippen molar-refractivity contribution >= 4 is 23.1 Å². The number of para-hydroxylation sites is 1. The highest BCUT2D eigenvalue weighted by atomic mass is 16.5. The molecule has 0 fully saturated rings. The molecule has 0 bridgehead atoms. The molecule has 0 aliphatic carbocycles. The molecule has 1 aromatic heterocycles. The van der Waals surface area contributed by atoms with Gasteiger partial charge in [0.05, 0.1) is 7.11 Å². The molecule has 27 heavy (non-hydrogen) atoms. The minimum atomic E-state index is -0.314. The number of nitrogens with zero attached hydrogens (tertiary/aromatic N) is 2. The summed E-state index contributed by atoms with van der Waals surface area (Å²) in [6.45, 7) is 4.26. The second kappa shape index (κ2) is 8.31. The van der Waals surface area contributed by atoms with Gasteiger partial charge in [-0.2, -0.15) is 0 Å². The highest BCUT2D eigenvalue weighted by Gasteiger charge is 2.11. The van der Waals surface area contributed by atoms with Gasteiger partial charge in [-0.1, -0.05) is 38.1 Å². The number of anilines is 3. The number of ether oxygens (including phenoxy) is 1. The summed E-state index contributed by atoms with van der Waals surface area (Å²) in [4.78, 5) is 20.8. The Morgan fingerprint density at radius 1 is 1.04 bits per heavy atom. The third kappa shape index (κ3) is 4.61. The maximum atomic E-state index is 12.5. The van der Waals surface area contributed by atoms with E-state index in [9.17, 15) is 4.79 Å². The Hall–Kier alpha value is -3.41. The zero-order valence-corrected chi connectivity index (χ0v) is 15.6. The fourth-order valence-corrected chi connectivity index (χ4v) is 2.70. The molecule has 2 aromatic carbocycles. The predicted octanol–water partition coefficient (Wildman–Crippen LogP) is 4.60. The zero-order chi connectivity index (χ0) is 19.2. The van der Waals surface area contributed by atoms with Gasteiger partial charge in [-0.05, 0) is 29.7 Å². The summed E-state index contributed by atoms with van der Waals surface area (Å²) in [5, 5.41) is 6.10. The molecule has 0 saturated heterocycles. The molecule has 138 valence electrons. The summed E-state index contributed by atoms with van der Waals surface area (Å²) in [6.07, 6.45) is 1.38. The Morgan fingerprint density at radius 3 is 2.63 bits per heavy atom.